The molecule has 1 saturated heterocycles. The molecule has 0 aromatic carbocycles. The van der Waals surface area contributed by atoms with Crippen molar-refractivity contribution in [2.45, 2.75) is 63.0 Å². The van der Waals surface area contributed by atoms with Crippen LogP contribution in [0.3, 0.4) is 0 Å². The van der Waals surface area contributed by atoms with Crippen LogP contribution in [0.15, 0.2) is 9.98 Å². The largest absolute Gasteiger partial charge is 0.490 e. The molecule has 0 bridgehead atoms. The standard InChI is InChI=1S/C22H48N12O2.2C2HF3O2/c23-17(5-1-7-31-21(25)26)19(35)29-9-3-11-33-13-15-34(16-14-33)12-4-10-30-20(36)18(24)6-2-8-32-22(27)28;2*3-2(4,5)1(6)7/h17-18H,1-16,23-24H2,(H,29,35)(H,30,36)(H4,25,26,31)(H4,27,28,32);2*(H,6,7)/t17-,18-;;/m0../s1. The maximum absolute atomic E-state index is 12.1. The van der Waals surface area contributed by atoms with Crippen molar-refractivity contribution in [1.29, 1.82) is 0 Å². The summed E-state index contributed by atoms with van der Waals surface area (Å²) in [5.41, 5.74) is 32.9. The number of carboxylic acid groups (broad SMARTS) is 2. The third-order valence-corrected chi connectivity index (χ3v) is 6.46. The van der Waals surface area contributed by atoms with E-state index in [4.69, 9.17) is 54.2 Å². The lowest BCUT2D eigenvalue weighted by molar-refractivity contribution is -0.193. The molecule has 1 rings (SSSR count). The zero-order valence-corrected chi connectivity index (χ0v) is 27.5. The molecule has 1 fully saturated rings. The predicted molar refractivity (Wildman–Crippen MR) is 171 cm³/mol. The number of guanidine groups is 2. The molecule has 0 spiro atoms. The second-order valence-corrected chi connectivity index (χ2v) is 10.7. The molecule has 1 aliphatic rings. The van der Waals surface area contributed by atoms with E-state index >= 15 is 0 Å². The van der Waals surface area contributed by atoms with Gasteiger partial charge < -0.3 is 65.0 Å². The molecule has 18 nitrogen and oxygen atoms in total. The smallest absolute Gasteiger partial charge is 0.475 e. The van der Waals surface area contributed by atoms with Crippen molar-refractivity contribution in [3.05, 3.63) is 0 Å². The SMILES string of the molecule is NC(N)=NCCC[C@H](N)C(=O)NCCCN1CCN(CCCNC(=O)[C@@H](N)CCCN=C(N)N)CC1.O=C(O)C(F)(F)F.O=C(O)C(F)(F)F. The van der Waals surface area contributed by atoms with Crippen LogP contribution in [-0.2, 0) is 19.2 Å². The number of aliphatic carboxylic acids is 2. The summed E-state index contributed by atoms with van der Waals surface area (Å²) in [5.74, 6) is -5.69. The Labute approximate surface area is 285 Å². The molecule has 292 valence electrons. The zero-order valence-electron chi connectivity index (χ0n) is 27.5. The van der Waals surface area contributed by atoms with Gasteiger partial charge in [0, 0.05) is 52.4 Å². The molecule has 2 atom stereocenters. The van der Waals surface area contributed by atoms with Gasteiger partial charge in [0.15, 0.2) is 11.9 Å². The van der Waals surface area contributed by atoms with Gasteiger partial charge in [0.2, 0.25) is 11.8 Å². The summed E-state index contributed by atoms with van der Waals surface area (Å²) in [5, 5.41) is 20.1. The minimum absolute atomic E-state index is 0.0482. The molecule has 0 aliphatic carbocycles. The maximum atomic E-state index is 12.1. The van der Waals surface area contributed by atoms with Gasteiger partial charge in [0.05, 0.1) is 12.1 Å². The van der Waals surface area contributed by atoms with Crippen molar-refractivity contribution in [3.8, 4) is 0 Å². The Kier molecular flexibility index (Phi) is 24.7. The molecular weight excluding hydrogens is 690 g/mol. The predicted octanol–water partition coefficient (Wildman–Crippen LogP) is -2.36. The fraction of sp³-hybridized carbons (Fsp3) is 0.769. The minimum atomic E-state index is -5.08. The van der Waals surface area contributed by atoms with Gasteiger partial charge in [-0.05, 0) is 51.6 Å². The highest BCUT2D eigenvalue weighted by Crippen LogP contribution is 2.13. The van der Waals surface area contributed by atoms with Crippen molar-refractivity contribution < 1.29 is 55.7 Å². The van der Waals surface area contributed by atoms with Crippen LogP contribution >= 0.6 is 0 Å². The van der Waals surface area contributed by atoms with Gasteiger partial charge in [0.1, 0.15) is 0 Å². The fourth-order valence-corrected chi connectivity index (χ4v) is 3.83. The van der Waals surface area contributed by atoms with E-state index in [2.05, 4.69) is 30.4 Å². The normalized spacial score (nSPS) is 14.7. The van der Waals surface area contributed by atoms with E-state index < -0.39 is 36.4 Å². The summed E-state index contributed by atoms with van der Waals surface area (Å²) < 4.78 is 63.5. The number of piperazine rings is 1. The summed E-state index contributed by atoms with van der Waals surface area (Å²) in [6.45, 7) is 8.00. The topological polar surface area (TPSA) is 320 Å². The molecule has 50 heavy (non-hydrogen) atoms. The molecule has 1 aliphatic heterocycles. The number of hydrogen-bond donors (Lipinski definition) is 10. The summed E-state index contributed by atoms with van der Waals surface area (Å²) in [7, 11) is 0. The van der Waals surface area contributed by atoms with Crippen molar-refractivity contribution in [3.63, 3.8) is 0 Å². The van der Waals surface area contributed by atoms with Gasteiger partial charge in [0.25, 0.3) is 0 Å². The summed E-state index contributed by atoms with van der Waals surface area (Å²) in [4.78, 5) is 54.5. The Morgan fingerprint density at radius 2 is 0.900 bits per heavy atom. The Hall–Kier alpha value is -4.16. The van der Waals surface area contributed by atoms with Crippen LogP contribution < -0.4 is 45.0 Å². The van der Waals surface area contributed by atoms with Crippen LogP contribution in [0.4, 0.5) is 26.3 Å². The van der Waals surface area contributed by atoms with Crippen LogP contribution in [0, 0.1) is 0 Å². The van der Waals surface area contributed by atoms with Crippen molar-refractivity contribution in [2.24, 2.45) is 44.4 Å². The molecule has 0 unspecified atom stereocenters. The average molecular weight is 741 g/mol. The Bertz CT molecular complexity index is 984. The molecule has 2 amide bonds. The second kappa shape index (κ2) is 25.8. The lowest BCUT2D eigenvalue weighted by Gasteiger charge is -2.34. The van der Waals surface area contributed by atoms with Gasteiger partial charge in [-0.3, -0.25) is 19.6 Å². The third kappa shape index (κ3) is 27.8. The Balaban J connectivity index is 0. The maximum Gasteiger partial charge on any atom is 0.490 e. The highest BCUT2D eigenvalue weighted by Gasteiger charge is 2.38. The van der Waals surface area contributed by atoms with Crippen LogP contribution in [-0.4, -0.2) is 146 Å². The van der Waals surface area contributed by atoms with E-state index in [9.17, 15) is 35.9 Å². The lowest BCUT2D eigenvalue weighted by Crippen LogP contribution is -2.48. The number of nitrogens with zero attached hydrogens (tertiary/aromatic N) is 4. The van der Waals surface area contributed by atoms with E-state index in [0.717, 1.165) is 52.1 Å². The Morgan fingerprint density at radius 1 is 0.620 bits per heavy atom. The zero-order chi connectivity index (χ0) is 38.9. The number of aliphatic imine (C=N–C) groups is 2. The van der Waals surface area contributed by atoms with Gasteiger partial charge in [-0.25, -0.2) is 9.59 Å². The van der Waals surface area contributed by atoms with Crippen LogP contribution in [0.2, 0.25) is 0 Å². The van der Waals surface area contributed by atoms with E-state index in [1.54, 1.807) is 0 Å². The monoisotopic (exact) mass is 740 g/mol. The van der Waals surface area contributed by atoms with Crippen molar-refractivity contribution in [2.75, 3.05) is 65.4 Å². The van der Waals surface area contributed by atoms with E-state index in [-0.39, 0.29) is 23.7 Å². The minimum Gasteiger partial charge on any atom is -0.475 e. The first-order chi connectivity index (χ1) is 23.1. The first-order valence-electron chi connectivity index (χ1n) is 15.3. The van der Waals surface area contributed by atoms with Gasteiger partial charge in [-0.15, -0.1) is 0 Å². The van der Waals surface area contributed by atoms with E-state index in [1.807, 2.05) is 0 Å². The molecule has 16 N–H and O–H groups in total. The average Bonchev–Trinajstić information content (AvgIpc) is 3.01. The van der Waals surface area contributed by atoms with E-state index in [1.165, 1.54) is 0 Å². The van der Waals surface area contributed by atoms with E-state index in [0.29, 0.717) is 51.9 Å². The number of amides is 2. The number of rotatable bonds is 18. The number of alkyl halides is 6. The summed E-state index contributed by atoms with van der Waals surface area (Å²) >= 11 is 0. The number of carbonyl (C=O) groups is 4. The van der Waals surface area contributed by atoms with Crippen LogP contribution in [0.5, 0.6) is 0 Å². The molecule has 0 aromatic heterocycles. The molecule has 0 radical (unpaired) electrons. The van der Waals surface area contributed by atoms with Crippen LogP contribution in [0.1, 0.15) is 38.5 Å². The number of carbonyl (C=O) groups excluding carboxylic acids is 2. The van der Waals surface area contributed by atoms with Crippen LogP contribution in [0.25, 0.3) is 0 Å². The fourth-order valence-electron chi connectivity index (χ4n) is 3.83. The van der Waals surface area contributed by atoms with Gasteiger partial charge in [-0.2, -0.15) is 26.3 Å². The highest BCUT2D eigenvalue weighted by molar-refractivity contribution is 5.81. The lowest BCUT2D eigenvalue weighted by atomic mass is 10.1. The van der Waals surface area contributed by atoms with Crippen molar-refractivity contribution in [1.82, 2.24) is 20.4 Å². The molecule has 1 heterocycles. The second-order valence-electron chi connectivity index (χ2n) is 10.7. The molecule has 0 saturated carbocycles. The highest BCUT2D eigenvalue weighted by atomic mass is 19.4. The quantitative estimate of drug-likeness (QED) is 0.0305. The number of nitrogens with one attached hydrogen (secondary N) is 2. The number of carboxylic acids is 2. The third-order valence-electron chi connectivity index (χ3n) is 6.46. The first kappa shape index (κ1) is 48.0. The summed E-state index contributed by atoms with van der Waals surface area (Å²) in [6.07, 6.45) is -5.99. The number of nitrogens with two attached hydrogens (primary N) is 6. The number of halogens is 6. The van der Waals surface area contributed by atoms with Gasteiger partial charge in [-0.1, -0.05) is 0 Å². The molecular formula is C26H50F6N12O6. The Morgan fingerprint density at radius 3 is 1.14 bits per heavy atom. The number of hydrogen-bond acceptors (Lipinski definition) is 10. The molecule has 24 heteroatoms. The van der Waals surface area contributed by atoms with Crippen molar-refractivity contribution >= 4 is 35.7 Å². The molecule has 0 aromatic rings. The summed E-state index contributed by atoms with van der Waals surface area (Å²) in [6, 6.07) is -1.08. The first-order valence-corrected chi connectivity index (χ1v) is 15.3. The van der Waals surface area contributed by atoms with Gasteiger partial charge >= 0.3 is 24.3 Å².